The van der Waals surface area contributed by atoms with Crippen LogP contribution >= 0.6 is 11.8 Å². The number of fused-ring (bicyclic) bond motifs is 7. The quantitative estimate of drug-likeness (QED) is 0.576. The van der Waals surface area contributed by atoms with E-state index in [1.807, 2.05) is 0 Å². The Hall–Kier alpha value is -2.65. The summed E-state index contributed by atoms with van der Waals surface area (Å²) in [5.74, 6) is 0.269. The molecule has 0 aliphatic heterocycles. The van der Waals surface area contributed by atoms with Gasteiger partial charge in [0.1, 0.15) is 5.78 Å². The van der Waals surface area contributed by atoms with E-state index in [1.54, 1.807) is 0 Å². The van der Waals surface area contributed by atoms with Gasteiger partial charge in [-0.25, -0.2) is 0 Å². The Labute approximate surface area is 161 Å². The molecule has 0 radical (unpaired) electrons. The molecule has 0 aromatic heterocycles. The highest BCUT2D eigenvalue weighted by Crippen LogP contribution is 2.53. The molecular formula is C24H18O2S. The van der Waals surface area contributed by atoms with E-state index in [2.05, 4.69) is 66.8 Å². The smallest absolute Gasteiger partial charge is 0.204 e. The molecule has 27 heavy (non-hydrogen) atoms. The van der Waals surface area contributed by atoms with Gasteiger partial charge in [0, 0.05) is 0 Å². The van der Waals surface area contributed by atoms with Gasteiger partial charge in [-0.05, 0) is 57.7 Å². The molecule has 0 bridgehead atoms. The van der Waals surface area contributed by atoms with E-state index in [9.17, 15) is 9.59 Å². The number of allylic oxidation sites excluding steroid dienone is 3. The van der Waals surface area contributed by atoms with Crippen LogP contribution in [0, 0.1) is 0 Å². The third-order valence-corrected chi connectivity index (χ3v) is 6.86. The van der Waals surface area contributed by atoms with Gasteiger partial charge in [-0.15, -0.1) is 0 Å². The minimum atomic E-state index is -0.630. The molecule has 0 spiro atoms. The lowest BCUT2D eigenvalue weighted by molar-refractivity contribution is -0.116. The van der Waals surface area contributed by atoms with E-state index in [-0.39, 0.29) is 16.7 Å². The topological polar surface area (TPSA) is 34.1 Å². The summed E-state index contributed by atoms with van der Waals surface area (Å²) < 4.78 is 0. The van der Waals surface area contributed by atoms with Crippen molar-refractivity contribution in [1.82, 2.24) is 0 Å². The average molecular weight is 370 g/mol. The Kier molecular flexibility index (Phi) is 3.63. The normalized spacial score (nSPS) is 20.0. The second-order valence-corrected chi connectivity index (χ2v) is 8.25. The Balaban J connectivity index is 1.72. The van der Waals surface area contributed by atoms with E-state index in [4.69, 9.17) is 0 Å². The Morgan fingerprint density at radius 2 is 1.81 bits per heavy atom. The van der Waals surface area contributed by atoms with Gasteiger partial charge in [-0.1, -0.05) is 72.4 Å². The van der Waals surface area contributed by atoms with E-state index >= 15 is 0 Å². The predicted molar refractivity (Wildman–Crippen MR) is 113 cm³/mol. The zero-order chi connectivity index (χ0) is 18.6. The van der Waals surface area contributed by atoms with Crippen LogP contribution in [0.4, 0.5) is 0 Å². The summed E-state index contributed by atoms with van der Waals surface area (Å²) in [6.07, 6.45) is 6.99. The van der Waals surface area contributed by atoms with Gasteiger partial charge in [-0.3, -0.25) is 9.59 Å². The molecule has 0 heterocycles. The maximum Gasteiger partial charge on any atom is 0.204 e. The molecule has 3 aromatic carbocycles. The highest BCUT2D eigenvalue weighted by Gasteiger charge is 2.48. The first-order valence-corrected chi connectivity index (χ1v) is 10.1. The number of hydrogen-bond acceptors (Lipinski definition) is 3. The van der Waals surface area contributed by atoms with E-state index in [1.165, 1.54) is 28.5 Å². The number of carbonyl (C=O) groups excluding carboxylic acids is 2. The first-order valence-electron chi connectivity index (χ1n) is 9.11. The van der Waals surface area contributed by atoms with Gasteiger partial charge >= 0.3 is 0 Å². The van der Waals surface area contributed by atoms with Crippen LogP contribution in [-0.2, 0) is 15.0 Å². The second kappa shape index (κ2) is 5.93. The van der Waals surface area contributed by atoms with Crippen LogP contribution in [0.1, 0.15) is 24.5 Å². The molecule has 3 heteroatoms. The number of ketones is 1. The van der Waals surface area contributed by atoms with Crippen LogP contribution in [0.3, 0.4) is 0 Å². The van der Waals surface area contributed by atoms with Crippen LogP contribution in [-0.4, -0.2) is 16.7 Å². The standard InChI is InChI=1S/C24H18O2S/c1-15(25)14-27-23(26)24-12-4-6-17(24)13-21-20-9-8-16-5-2-3-7-18(16)19(20)10-11-22(21)24/h2-11,13H,12,14H2,1H3. The summed E-state index contributed by atoms with van der Waals surface area (Å²) in [6, 6.07) is 17.0. The van der Waals surface area contributed by atoms with Crippen molar-refractivity contribution >= 4 is 50.3 Å². The van der Waals surface area contributed by atoms with Gasteiger partial charge in [0.2, 0.25) is 5.12 Å². The fourth-order valence-corrected chi connectivity index (χ4v) is 5.35. The summed E-state index contributed by atoms with van der Waals surface area (Å²) in [5, 5.41) is 4.93. The van der Waals surface area contributed by atoms with Crippen LogP contribution in [0.25, 0.3) is 27.6 Å². The van der Waals surface area contributed by atoms with Crippen molar-refractivity contribution in [3.05, 3.63) is 77.4 Å². The highest BCUT2D eigenvalue weighted by molar-refractivity contribution is 8.14. The minimum Gasteiger partial charge on any atom is -0.299 e. The molecule has 0 saturated carbocycles. The number of rotatable bonds is 3. The molecule has 0 amide bonds. The van der Waals surface area contributed by atoms with Crippen molar-refractivity contribution < 1.29 is 9.59 Å². The zero-order valence-electron chi connectivity index (χ0n) is 15.0. The molecule has 1 unspecified atom stereocenters. The number of Topliss-reactive ketones (excluding diaryl/α,β-unsaturated/α-hetero) is 1. The molecule has 2 nitrogen and oxygen atoms in total. The summed E-state index contributed by atoms with van der Waals surface area (Å²) in [5.41, 5.74) is 2.65. The lowest BCUT2D eigenvalue weighted by atomic mass is 9.78. The van der Waals surface area contributed by atoms with Gasteiger partial charge in [0.15, 0.2) is 0 Å². The predicted octanol–water partition coefficient (Wildman–Crippen LogP) is 5.44. The molecule has 0 N–H and O–H groups in total. The van der Waals surface area contributed by atoms with E-state index in [0.29, 0.717) is 6.42 Å². The van der Waals surface area contributed by atoms with Crippen molar-refractivity contribution in [2.75, 3.05) is 5.75 Å². The minimum absolute atomic E-state index is 0.0319. The first-order chi connectivity index (χ1) is 13.1. The monoisotopic (exact) mass is 370 g/mol. The maximum absolute atomic E-state index is 13.2. The molecule has 0 fully saturated rings. The molecule has 1 atom stereocenters. The summed E-state index contributed by atoms with van der Waals surface area (Å²) >= 11 is 1.15. The molecular weight excluding hydrogens is 352 g/mol. The molecule has 0 saturated heterocycles. The molecule has 132 valence electrons. The zero-order valence-corrected chi connectivity index (χ0v) is 15.8. The fourth-order valence-electron chi connectivity index (χ4n) is 4.46. The van der Waals surface area contributed by atoms with Crippen molar-refractivity contribution in [2.45, 2.75) is 18.8 Å². The largest absolute Gasteiger partial charge is 0.299 e. The second-order valence-electron chi connectivity index (χ2n) is 7.30. The SMILES string of the molecule is CC(=O)CSC(=O)C12CC=CC1=Cc1c2ccc2c1ccc1ccccc12. The van der Waals surface area contributed by atoms with E-state index in [0.717, 1.165) is 28.5 Å². The number of thioether (sulfide) groups is 1. The van der Waals surface area contributed by atoms with Crippen molar-refractivity contribution in [2.24, 2.45) is 0 Å². The lowest BCUT2D eigenvalue weighted by Crippen LogP contribution is -2.32. The van der Waals surface area contributed by atoms with Crippen molar-refractivity contribution in [3.63, 3.8) is 0 Å². The molecule has 2 aliphatic rings. The molecule has 5 rings (SSSR count). The summed E-state index contributed by atoms with van der Waals surface area (Å²) in [7, 11) is 0. The highest BCUT2D eigenvalue weighted by atomic mass is 32.2. The Morgan fingerprint density at radius 3 is 2.67 bits per heavy atom. The van der Waals surface area contributed by atoms with Gasteiger partial charge < -0.3 is 0 Å². The van der Waals surface area contributed by atoms with Gasteiger partial charge in [0.25, 0.3) is 0 Å². The Bertz CT molecular complexity index is 1200. The van der Waals surface area contributed by atoms with Crippen LogP contribution in [0.15, 0.2) is 66.3 Å². The van der Waals surface area contributed by atoms with Gasteiger partial charge in [0.05, 0.1) is 11.2 Å². The lowest BCUT2D eigenvalue weighted by Gasteiger charge is -2.27. The van der Waals surface area contributed by atoms with Gasteiger partial charge in [-0.2, -0.15) is 0 Å². The third kappa shape index (κ3) is 2.28. The Morgan fingerprint density at radius 1 is 1.00 bits per heavy atom. The molecule has 2 aliphatic carbocycles. The number of carbonyl (C=O) groups is 2. The summed E-state index contributed by atoms with van der Waals surface area (Å²) in [4.78, 5) is 24.6. The van der Waals surface area contributed by atoms with Crippen LogP contribution in [0.2, 0.25) is 0 Å². The summed E-state index contributed by atoms with van der Waals surface area (Å²) in [6.45, 7) is 1.53. The average Bonchev–Trinajstić information content (AvgIpc) is 3.23. The molecule has 3 aromatic rings. The van der Waals surface area contributed by atoms with Crippen molar-refractivity contribution in [3.8, 4) is 0 Å². The van der Waals surface area contributed by atoms with E-state index < -0.39 is 5.41 Å². The number of benzene rings is 3. The van der Waals surface area contributed by atoms with Crippen molar-refractivity contribution in [1.29, 1.82) is 0 Å². The number of hydrogen-bond donors (Lipinski definition) is 0. The first kappa shape index (κ1) is 16.5. The van der Waals surface area contributed by atoms with Crippen LogP contribution < -0.4 is 0 Å². The fraction of sp³-hybridized carbons (Fsp3) is 0.167. The maximum atomic E-state index is 13.2. The van der Waals surface area contributed by atoms with Crippen LogP contribution in [0.5, 0.6) is 0 Å². The third-order valence-electron chi connectivity index (χ3n) is 5.70.